The summed E-state index contributed by atoms with van der Waals surface area (Å²) in [5.74, 6) is 2.07. The van der Waals surface area contributed by atoms with Crippen molar-refractivity contribution in [1.82, 2.24) is 39.7 Å². The number of likely N-dealkylation sites (tertiary alicyclic amines) is 2. The first-order valence-electron chi connectivity index (χ1n) is 25.8. The van der Waals surface area contributed by atoms with Crippen LogP contribution in [-0.2, 0) is 19.0 Å². The number of halogens is 4. The number of nitrogens with one attached hydrogen (secondary N) is 2. The number of anilines is 6. The van der Waals surface area contributed by atoms with Gasteiger partial charge in [0.15, 0.2) is 23.3 Å². The fourth-order valence-electron chi connectivity index (χ4n) is 10.8. The maximum atomic E-state index is 15.3. The molecule has 12 rings (SSSR count). The summed E-state index contributed by atoms with van der Waals surface area (Å²) in [5.41, 5.74) is 2.03. The van der Waals surface area contributed by atoms with Gasteiger partial charge in [-0.25, -0.2) is 43.5 Å². The molecule has 0 aliphatic carbocycles. The molecule has 77 heavy (non-hydrogen) atoms. The summed E-state index contributed by atoms with van der Waals surface area (Å²) < 4.78 is 58.3. The number of piperazine rings is 2. The number of hydrogen-bond donors (Lipinski definition) is 2. The third-order valence-corrected chi connectivity index (χ3v) is 15.4. The highest BCUT2D eigenvalue weighted by atomic mass is 35.5. The van der Waals surface area contributed by atoms with Crippen LogP contribution in [0.2, 0.25) is 10.0 Å². The molecule has 6 atom stereocenters. The molecule has 4 aromatic heterocycles. The fraction of sp³-hybridized carbons (Fsp3) is 0.444. The van der Waals surface area contributed by atoms with Gasteiger partial charge in [0.2, 0.25) is 5.91 Å². The molecule has 404 valence electrons. The van der Waals surface area contributed by atoms with Gasteiger partial charge >= 0.3 is 6.09 Å². The van der Waals surface area contributed by atoms with Gasteiger partial charge in [-0.1, -0.05) is 29.8 Å². The summed E-state index contributed by atoms with van der Waals surface area (Å²) in [6.45, 7) is 15.3. The molecule has 6 aromatic rings. The van der Waals surface area contributed by atoms with E-state index in [-0.39, 0.29) is 80.9 Å². The molecule has 10 heterocycles. The molecule has 23 heteroatoms. The first kappa shape index (κ1) is 52.1. The Labute approximate surface area is 453 Å². The number of nitrogens with zero attached hydrogens (tertiary/aromatic N) is 10. The van der Waals surface area contributed by atoms with E-state index in [0.717, 1.165) is 37.3 Å². The summed E-state index contributed by atoms with van der Waals surface area (Å²) in [6, 6.07) is 14.5. The Bertz CT molecular complexity index is 3220. The zero-order valence-corrected chi connectivity index (χ0v) is 44.3. The minimum atomic E-state index is -0.635. The average Bonchev–Trinajstić information content (AvgIpc) is 4.33. The predicted molar refractivity (Wildman–Crippen MR) is 287 cm³/mol. The van der Waals surface area contributed by atoms with Gasteiger partial charge in [-0.2, -0.15) is 0 Å². The van der Waals surface area contributed by atoms with E-state index in [9.17, 15) is 9.59 Å². The molecule has 2 amide bonds. The number of carbonyl (C=O) groups is 2. The van der Waals surface area contributed by atoms with Crippen molar-refractivity contribution in [2.75, 3.05) is 86.3 Å². The number of ether oxygens (including phenoxy) is 5. The van der Waals surface area contributed by atoms with Crippen LogP contribution in [-0.4, -0.2) is 147 Å². The van der Waals surface area contributed by atoms with Crippen molar-refractivity contribution in [2.24, 2.45) is 11.8 Å². The number of pyridine rings is 2. The van der Waals surface area contributed by atoms with Crippen molar-refractivity contribution >= 4 is 91.9 Å². The van der Waals surface area contributed by atoms with Crippen LogP contribution < -0.4 is 29.9 Å². The number of aromatic nitrogens is 6. The predicted octanol–water partition coefficient (Wildman–Crippen LogP) is 9.13. The molecule has 0 spiro atoms. The van der Waals surface area contributed by atoms with Crippen LogP contribution >= 0.6 is 23.2 Å². The molecule has 2 N–H and O–H groups in total. The Morgan fingerprint density at radius 2 is 1.17 bits per heavy atom. The van der Waals surface area contributed by atoms with E-state index in [0.29, 0.717) is 99.5 Å². The maximum Gasteiger partial charge on any atom is 0.410 e. The summed E-state index contributed by atoms with van der Waals surface area (Å²) >= 11 is 12.6. The smallest absolute Gasteiger partial charge is 0.410 e. The minimum Gasteiger partial charge on any atom is -0.492 e. The number of amides is 2. The lowest BCUT2D eigenvalue weighted by molar-refractivity contribution is -0.127. The monoisotopic (exact) mass is 1090 g/mol. The third-order valence-electron chi connectivity index (χ3n) is 14.7. The molecule has 6 fully saturated rings. The Morgan fingerprint density at radius 3 is 1.58 bits per heavy atom. The zero-order valence-electron chi connectivity index (χ0n) is 42.8. The van der Waals surface area contributed by atoms with Gasteiger partial charge in [0.25, 0.3) is 0 Å². The van der Waals surface area contributed by atoms with E-state index >= 15 is 8.78 Å². The number of benzene rings is 2. The van der Waals surface area contributed by atoms with Crippen molar-refractivity contribution in [3.05, 3.63) is 95.5 Å². The summed E-state index contributed by atoms with van der Waals surface area (Å²) in [6.07, 6.45) is 7.46. The normalized spacial score (nSPS) is 22.4. The largest absolute Gasteiger partial charge is 0.492 e. The van der Waals surface area contributed by atoms with Crippen LogP contribution in [0.15, 0.2) is 73.8 Å². The standard InChI is InChI=1S/C28H32ClFN6O4.C26H26ClFN6O3/c1-28(2,3)40-27(37)36-12-17-10-18(36)11-35(17)22-7-5-20-25(34-22)26(32-15-31-20)33-19-4-6-21(23(29)24(19)30)39-14-16-8-9-38-13-16;1-2-22(35)34-11-16-9-17(34)10-33(16)21-6-4-19-25(32-21)26(30-14-29-19)31-18-3-5-20(23(27)24(18)28)37-13-15-7-8-36-12-15/h4-7,15-18H,8-14H2,1-3H3,(H,31,32,33);2-6,14-17H,1,7-13H2,(H,29,30,31)/t16?,17-,18-;15?,16-,17-/m00/s1. The SMILES string of the molecule is C=CC(=O)N1C[C@@H]2C[C@H]1CN2c1ccc2ncnc(Nc3ccc(OCC4CCOC4)c(Cl)c3F)c2n1.CC(C)(C)OC(=O)N1C[C@@H]2C[C@H]1CN2c1ccc2ncnc(Nc3ccc(OCC4CCOC4)c(Cl)c3F)c2n1. The second-order valence-corrected chi connectivity index (χ2v) is 21.8. The Hall–Kier alpha value is -6.94. The first-order valence-corrected chi connectivity index (χ1v) is 26.5. The summed E-state index contributed by atoms with van der Waals surface area (Å²) in [5, 5.41) is 5.88. The molecule has 0 radical (unpaired) electrons. The minimum absolute atomic E-state index is 0.0387. The molecular formula is C54H58Cl2F2N12O7. The Kier molecular flexibility index (Phi) is 14.8. The second-order valence-electron chi connectivity index (χ2n) is 21.0. The lowest BCUT2D eigenvalue weighted by Gasteiger charge is -2.35. The van der Waals surface area contributed by atoms with Crippen molar-refractivity contribution in [1.29, 1.82) is 0 Å². The summed E-state index contributed by atoms with van der Waals surface area (Å²) in [4.78, 5) is 59.8. The van der Waals surface area contributed by atoms with Crippen molar-refractivity contribution in [3.8, 4) is 11.5 Å². The maximum absolute atomic E-state index is 15.3. The molecule has 2 unspecified atom stereocenters. The van der Waals surface area contributed by atoms with Crippen LogP contribution in [0.4, 0.5) is 48.2 Å². The number of rotatable bonds is 13. The van der Waals surface area contributed by atoms with Gasteiger partial charge < -0.3 is 53.9 Å². The lowest BCUT2D eigenvalue weighted by Crippen LogP contribution is -2.50. The van der Waals surface area contributed by atoms with E-state index < -0.39 is 17.2 Å². The van der Waals surface area contributed by atoms with Crippen LogP contribution in [0.1, 0.15) is 46.5 Å². The number of hydrogen-bond acceptors (Lipinski definition) is 17. The van der Waals surface area contributed by atoms with Crippen molar-refractivity contribution in [2.45, 2.75) is 76.2 Å². The molecule has 2 aromatic carbocycles. The average molecular weight is 1100 g/mol. The van der Waals surface area contributed by atoms with Crippen molar-refractivity contribution < 1.29 is 42.1 Å². The van der Waals surface area contributed by atoms with E-state index in [1.54, 1.807) is 24.3 Å². The van der Waals surface area contributed by atoms with Gasteiger partial charge in [0.05, 0.1) is 73.0 Å². The summed E-state index contributed by atoms with van der Waals surface area (Å²) in [7, 11) is 0. The van der Waals surface area contributed by atoms with Gasteiger partial charge in [-0.05, 0) is 101 Å². The number of carbonyl (C=O) groups excluding carboxylic acids is 2. The van der Waals surface area contributed by atoms with Crippen LogP contribution in [0.3, 0.4) is 0 Å². The molecular weight excluding hydrogens is 1040 g/mol. The molecule has 6 aliphatic heterocycles. The Morgan fingerprint density at radius 1 is 0.688 bits per heavy atom. The Balaban J connectivity index is 0.000000164. The highest BCUT2D eigenvalue weighted by molar-refractivity contribution is 6.33. The molecule has 0 saturated carbocycles. The lowest BCUT2D eigenvalue weighted by atomic mass is 10.1. The molecule has 19 nitrogen and oxygen atoms in total. The van der Waals surface area contributed by atoms with Crippen molar-refractivity contribution in [3.63, 3.8) is 0 Å². The van der Waals surface area contributed by atoms with E-state index in [1.807, 2.05) is 54.8 Å². The zero-order chi connectivity index (χ0) is 53.5. The van der Waals surface area contributed by atoms with Gasteiger partial charge in [0, 0.05) is 51.2 Å². The van der Waals surface area contributed by atoms with Crippen LogP contribution in [0, 0.1) is 23.5 Å². The highest BCUT2D eigenvalue weighted by Gasteiger charge is 2.48. The highest BCUT2D eigenvalue weighted by Crippen LogP contribution is 2.40. The quantitative estimate of drug-likeness (QED) is 0.104. The number of fused-ring (bicyclic) bond motifs is 6. The van der Waals surface area contributed by atoms with Gasteiger partial charge in [-0.3, -0.25) is 4.79 Å². The molecule has 4 bridgehead atoms. The van der Waals surface area contributed by atoms with E-state index in [4.69, 9.17) is 56.9 Å². The van der Waals surface area contributed by atoms with Crippen LogP contribution in [0.25, 0.3) is 22.1 Å². The second kappa shape index (κ2) is 21.8. The first-order chi connectivity index (χ1) is 37.2. The topological polar surface area (TPSA) is 195 Å². The van der Waals surface area contributed by atoms with Gasteiger partial charge in [0.1, 0.15) is 62.5 Å². The van der Waals surface area contributed by atoms with E-state index in [2.05, 4.69) is 46.9 Å². The van der Waals surface area contributed by atoms with Gasteiger partial charge in [-0.15, -0.1) is 0 Å². The fourth-order valence-corrected chi connectivity index (χ4v) is 11.2. The molecule has 6 aliphatic rings. The third kappa shape index (κ3) is 11.0. The molecule has 6 saturated heterocycles. The van der Waals surface area contributed by atoms with E-state index in [1.165, 1.54) is 18.7 Å². The van der Waals surface area contributed by atoms with Crippen LogP contribution in [0.5, 0.6) is 11.5 Å².